The van der Waals surface area contributed by atoms with E-state index in [0.29, 0.717) is 6.42 Å². The van der Waals surface area contributed by atoms with Crippen LogP contribution in [0.3, 0.4) is 0 Å². The SMILES string of the molecule is CCCC=C(Br)C(O)(O)O. The first-order valence-corrected chi connectivity index (χ1v) is 3.81. The van der Waals surface area contributed by atoms with Crippen LogP contribution < -0.4 is 0 Å². The molecule has 0 rings (SSSR count). The first kappa shape index (κ1) is 10.1. The highest BCUT2D eigenvalue weighted by molar-refractivity contribution is 9.11. The average Bonchev–Trinajstić information content (AvgIpc) is 1.80. The number of unbranched alkanes of at least 4 members (excludes halogenated alkanes) is 1. The van der Waals surface area contributed by atoms with E-state index in [9.17, 15) is 0 Å². The van der Waals surface area contributed by atoms with Crippen molar-refractivity contribution in [3.05, 3.63) is 10.6 Å². The van der Waals surface area contributed by atoms with Gasteiger partial charge in [-0.05, 0) is 22.4 Å². The van der Waals surface area contributed by atoms with E-state index in [1.54, 1.807) is 0 Å². The molecule has 0 saturated heterocycles. The highest BCUT2D eigenvalue weighted by Gasteiger charge is 2.21. The maximum atomic E-state index is 8.51. The molecule has 0 aliphatic carbocycles. The van der Waals surface area contributed by atoms with Crippen molar-refractivity contribution in [3.63, 3.8) is 0 Å². The summed E-state index contributed by atoms with van der Waals surface area (Å²) >= 11 is 2.81. The van der Waals surface area contributed by atoms with Crippen LogP contribution in [0.2, 0.25) is 0 Å². The Labute approximate surface area is 68.1 Å². The van der Waals surface area contributed by atoms with Gasteiger partial charge in [0.1, 0.15) is 0 Å². The third-order valence-electron chi connectivity index (χ3n) is 0.933. The molecule has 0 spiro atoms. The van der Waals surface area contributed by atoms with Crippen LogP contribution in [0.15, 0.2) is 10.6 Å². The number of rotatable bonds is 3. The Bertz CT molecular complexity index is 125. The number of halogens is 1. The molecule has 4 heteroatoms. The second-order valence-corrected chi connectivity index (χ2v) is 2.83. The van der Waals surface area contributed by atoms with Gasteiger partial charge in [-0.15, -0.1) is 0 Å². The van der Waals surface area contributed by atoms with Gasteiger partial charge in [0.15, 0.2) is 0 Å². The normalized spacial score (nSPS) is 13.9. The first-order valence-electron chi connectivity index (χ1n) is 3.01. The van der Waals surface area contributed by atoms with Gasteiger partial charge in [0, 0.05) is 0 Å². The maximum Gasteiger partial charge on any atom is 0.310 e. The third-order valence-corrected chi connectivity index (χ3v) is 1.79. The van der Waals surface area contributed by atoms with Crippen LogP contribution in [-0.4, -0.2) is 21.3 Å². The van der Waals surface area contributed by atoms with Crippen LogP contribution in [0.5, 0.6) is 0 Å². The predicted molar refractivity (Wildman–Crippen MR) is 41.3 cm³/mol. The number of hydrogen-bond acceptors (Lipinski definition) is 3. The van der Waals surface area contributed by atoms with Gasteiger partial charge in [0.2, 0.25) is 0 Å². The fourth-order valence-electron chi connectivity index (χ4n) is 0.408. The molecular formula is C6H11BrO3. The molecule has 0 aromatic heterocycles. The van der Waals surface area contributed by atoms with Crippen LogP contribution in [0.1, 0.15) is 19.8 Å². The van der Waals surface area contributed by atoms with Crippen molar-refractivity contribution in [1.82, 2.24) is 0 Å². The second kappa shape index (κ2) is 4.08. The summed E-state index contributed by atoms with van der Waals surface area (Å²) in [6, 6.07) is 0. The molecule has 10 heavy (non-hydrogen) atoms. The minimum absolute atomic E-state index is 0.0122. The van der Waals surface area contributed by atoms with Gasteiger partial charge < -0.3 is 15.3 Å². The minimum atomic E-state index is -2.71. The summed E-state index contributed by atoms with van der Waals surface area (Å²) < 4.78 is -0.0122. The van der Waals surface area contributed by atoms with Gasteiger partial charge in [0.05, 0.1) is 4.48 Å². The summed E-state index contributed by atoms with van der Waals surface area (Å²) in [5, 5.41) is 25.5. The van der Waals surface area contributed by atoms with Crippen LogP contribution >= 0.6 is 15.9 Å². The Morgan fingerprint density at radius 1 is 1.50 bits per heavy atom. The smallest absolute Gasteiger partial charge is 0.310 e. The van der Waals surface area contributed by atoms with E-state index in [1.807, 2.05) is 6.92 Å². The van der Waals surface area contributed by atoms with Crippen molar-refractivity contribution in [2.24, 2.45) is 0 Å². The molecule has 0 unspecified atom stereocenters. The minimum Gasteiger partial charge on any atom is -0.339 e. The average molecular weight is 211 g/mol. The predicted octanol–water partition coefficient (Wildman–Crippen LogP) is 0.696. The molecule has 0 saturated carbocycles. The Kier molecular flexibility index (Phi) is 4.12. The van der Waals surface area contributed by atoms with Crippen LogP contribution in [-0.2, 0) is 0 Å². The molecule has 0 aromatic carbocycles. The lowest BCUT2D eigenvalue weighted by atomic mass is 10.3. The molecule has 0 aromatic rings. The first-order chi connectivity index (χ1) is 4.48. The van der Waals surface area contributed by atoms with E-state index in [-0.39, 0.29) is 4.48 Å². The summed E-state index contributed by atoms with van der Waals surface area (Å²) in [4.78, 5) is 0. The summed E-state index contributed by atoms with van der Waals surface area (Å²) in [5.74, 6) is -2.71. The Hall–Kier alpha value is 0.1000. The van der Waals surface area contributed by atoms with Gasteiger partial charge in [0.25, 0.3) is 0 Å². The summed E-state index contributed by atoms with van der Waals surface area (Å²) in [6.45, 7) is 1.95. The zero-order valence-electron chi connectivity index (χ0n) is 5.71. The molecule has 0 heterocycles. The van der Waals surface area contributed by atoms with E-state index in [2.05, 4.69) is 15.9 Å². The lowest BCUT2D eigenvalue weighted by Gasteiger charge is -2.12. The van der Waals surface area contributed by atoms with Crippen molar-refractivity contribution >= 4 is 15.9 Å². The van der Waals surface area contributed by atoms with Crippen molar-refractivity contribution in [2.45, 2.75) is 25.7 Å². The summed E-state index contributed by atoms with van der Waals surface area (Å²) in [6.07, 6.45) is 3.11. The molecule has 3 N–H and O–H groups in total. The molecule has 0 bridgehead atoms. The Morgan fingerprint density at radius 3 is 2.30 bits per heavy atom. The largest absolute Gasteiger partial charge is 0.339 e. The summed E-state index contributed by atoms with van der Waals surface area (Å²) in [5.41, 5.74) is 0. The van der Waals surface area contributed by atoms with E-state index in [1.165, 1.54) is 6.08 Å². The number of allylic oxidation sites excluding steroid dienone is 1. The Balaban J connectivity index is 3.93. The zero-order chi connectivity index (χ0) is 8.20. The Morgan fingerprint density at radius 2 is 2.00 bits per heavy atom. The molecule has 60 valence electrons. The van der Waals surface area contributed by atoms with Gasteiger partial charge in [-0.25, -0.2) is 0 Å². The van der Waals surface area contributed by atoms with Crippen molar-refractivity contribution in [1.29, 1.82) is 0 Å². The van der Waals surface area contributed by atoms with Gasteiger partial charge >= 0.3 is 5.97 Å². The van der Waals surface area contributed by atoms with Crippen LogP contribution in [0.4, 0.5) is 0 Å². The maximum absolute atomic E-state index is 8.51. The number of hydrogen-bond donors (Lipinski definition) is 3. The quantitative estimate of drug-likeness (QED) is 0.602. The number of aliphatic hydroxyl groups is 3. The van der Waals surface area contributed by atoms with E-state index >= 15 is 0 Å². The molecule has 3 nitrogen and oxygen atoms in total. The monoisotopic (exact) mass is 210 g/mol. The highest BCUT2D eigenvalue weighted by atomic mass is 79.9. The fourth-order valence-corrected chi connectivity index (χ4v) is 0.637. The molecule has 0 fully saturated rings. The zero-order valence-corrected chi connectivity index (χ0v) is 7.30. The van der Waals surface area contributed by atoms with Crippen LogP contribution in [0, 0.1) is 0 Å². The highest BCUT2D eigenvalue weighted by Crippen LogP contribution is 2.17. The molecule has 0 atom stereocenters. The molecule has 0 aliphatic heterocycles. The molecular weight excluding hydrogens is 200 g/mol. The van der Waals surface area contributed by atoms with Gasteiger partial charge in [-0.3, -0.25) is 0 Å². The van der Waals surface area contributed by atoms with Crippen LogP contribution in [0.25, 0.3) is 0 Å². The van der Waals surface area contributed by atoms with Gasteiger partial charge in [-0.1, -0.05) is 19.4 Å². The third kappa shape index (κ3) is 4.00. The fraction of sp³-hybridized carbons (Fsp3) is 0.667. The van der Waals surface area contributed by atoms with E-state index in [0.717, 1.165) is 6.42 Å². The molecule has 0 aliphatic rings. The van der Waals surface area contributed by atoms with Crippen molar-refractivity contribution in [3.8, 4) is 0 Å². The topological polar surface area (TPSA) is 60.7 Å². The van der Waals surface area contributed by atoms with E-state index < -0.39 is 5.97 Å². The molecule has 0 radical (unpaired) electrons. The van der Waals surface area contributed by atoms with Crippen molar-refractivity contribution < 1.29 is 15.3 Å². The van der Waals surface area contributed by atoms with Crippen molar-refractivity contribution in [2.75, 3.05) is 0 Å². The lowest BCUT2D eigenvalue weighted by Crippen LogP contribution is -2.27. The lowest BCUT2D eigenvalue weighted by molar-refractivity contribution is -0.275. The molecule has 0 amide bonds. The second-order valence-electron chi connectivity index (χ2n) is 1.98. The summed E-state index contributed by atoms with van der Waals surface area (Å²) in [7, 11) is 0. The standard InChI is InChI=1S/C6H11BrO3/c1-2-3-4-5(7)6(8,9)10/h4,8-10H,2-3H2,1H3. The van der Waals surface area contributed by atoms with Gasteiger partial charge in [-0.2, -0.15) is 0 Å². The van der Waals surface area contributed by atoms with E-state index in [4.69, 9.17) is 15.3 Å².